The summed E-state index contributed by atoms with van der Waals surface area (Å²) in [6.45, 7) is -0.445. The van der Waals surface area contributed by atoms with Gasteiger partial charge in [-0.1, -0.05) is 0 Å². The number of hydrogen-bond donors (Lipinski definition) is 3. The molecule has 15 heavy (non-hydrogen) atoms. The molecule has 7 nitrogen and oxygen atoms in total. The van der Waals surface area contributed by atoms with Gasteiger partial charge in [0.25, 0.3) is 0 Å². The van der Waals surface area contributed by atoms with Crippen LogP contribution in [-0.4, -0.2) is 52.6 Å². The molecule has 0 saturated carbocycles. The van der Waals surface area contributed by atoms with Gasteiger partial charge >= 0.3 is 11.9 Å². The van der Waals surface area contributed by atoms with Crippen molar-refractivity contribution in [3.63, 3.8) is 0 Å². The van der Waals surface area contributed by atoms with Crippen LogP contribution in [0.2, 0.25) is 0 Å². The van der Waals surface area contributed by atoms with Gasteiger partial charge in [0.05, 0.1) is 6.04 Å². The van der Waals surface area contributed by atoms with E-state index in [0.717, 1.165) is 4.90 Å². The average Bonchev–Trinajstić information content (AvgIpc) is 2.11. The largest absolute Gasteiger partial charge is 0.481 e. The normalized spacial score (nSPS) is 11.9. The topological polar surface area (TPSA) is 121 Å². The Kier molecular flexibility index (Phi) is 5.32. The van der Waals surface area contributed by atoms with Gasteiger partial charge in [0.15, 0.2) is 0 Å². The van der Waals surface area contributed by atoms with Crippen LogP contribution in [0.25, 0.3) is 0 Å². The van der Waals surface area contributed by atoms with Crippen LogP contribution in [0, 0.1) is 0 Å². The fraction of sp³-hybridized carbons (Fsp3) is 0.625. The summed E-state index contributed by atoms with van der Waals surface area (Å²) >= 11 is 0. The molecular weight excluding hydrogens is 204 g/mol. The van der Waals surface area contributed by atoms with Crippen molar-refractivity contribution in [1.82, 2.24) is 4.90 Å². The first-order valence-electron chi connectivity index (χ1n) is 4.28. The molecule has 0 aromatic carbocycles. The monoisotopic (exact) mass is 218 g/mol. The van der Waals surface area contributed by atoms with Gasteiger partial charge in [0.1, 0.15) is 6.54 Å². The van der Waals surface area contributed by atoms with Crippen LogP contribution in [0.4, 0.5) is 0 Å². The van der Waals surface area contributed by atoms with Crippen LogP contribution >= 0.6 is 0 Å². The second-order valence-corrected chi connectivity index (χ2v) is 3.13. The van der Waals surface area contributed by atoms with Gasteiger partial charge in [0.2, 0.25) is 5.91 Å². The molecule has 0 radical (unpaired) electrons. The molecule has 0 saturated heterocycles. The van der Waals surface area contributed by atoms with Crippen molar-refractivity contribution in [2.24, 2.45) is 5.73 Å². The summed E-state index contributed by atoms with van der Waals surface area (Å²) in [6.07, 6.45) is -0.216. The van der Waals surface area contributed by atoms with Gasteiger partial charge in [-0.2, -0.15) is 0 Å². The molecule has 0 heterocycles. The number of hydrogen-bond acceptors (Lipinski definition) is 4. The van der Waals surface area contributed by atoms with E-state index >= 15 is 0 Å². The molecule has 0 fully saturated rings. The number of aliphatic carboxylic acids is 2. The van der Waals surface area contributed by atoms with E-state index in [1.165, 1.54) is 7.05 Å². The van der Waals surface area contributed by atoms with Crippen molar-refractivity contribution in [2.45, 2.75) is 18.9 Å². The number of nitrogens with zero attached hydrogens (tertiary/aromatic N) is 1. The number of carbonyl (C=O) groups excluding carboxylic acids is 1. The van der Waals surface area contributed by atoms with E-state index < -0.39 is 30.4 Å². The zero-order valence-corrected chi connectivity index (χ0v) is 8.34. The molecule has 0 aliphatic rings. The first-order chi connectivity index (χ1) is 6.84. The third-order valence-corrected chi connectivity index (χ3v) is 1.74. The third-order valence-electron chi connectivity index (χ3n) is 1.74. The molecule has 1 unspecified atom stereocenters. The van der Waals surface area contributed by atoms with Crippen molar-refractivity contribution in [3.8, 4) is 0 Å². The molecule has 0 aromatic rings. The smallest absolute Gasteiger partial charge is 0.323 e. The second kappa shape index (κ2) is 5.97. The molecule has 0 aromatic heterocycles. The second-order valence-electron chi connectivity index (χ2n) is 3.13. The lowest BCUT2D eigenvalue weighted by Gasteiger charge is -2.18. The lowest BCUT2D eigenvalue weighted by atomic mass is 10.1. The SMILES string of the molecule is CN(CC(=O)O)C(=O)C(N)CCC(=O)O. The first kappa shape index (κ1) is 13.4. The molecule has 7 heteroatoms. The molecule has 0 rings (SSSR count). The Morgan fingerprint density at radius 2 is 1.80 bits per heavy atom. The number of rotatable bonds is 6. The third kappa shape index (κ3) is 5.63. The summed E-state index contributed by atoms with van der Waals surface area (Å²) in [7, 11) is 1.30. The quantitative estimate of drug-likeness (QED) is 0.510. The molecule has 1 atom stereocenters. The van der Waals surface area contributed by atoms with E-state index in [0.29, 0.717) is 0 Å². The maximum Gasteiger partial charge on any atom is 0.323 e. The van der Waals surface area contributed by atoms with Crippen molar-refractivity contribution < 1.29 is 24.6 Å². The lowest BCUT2D eigenvalue weighted by molar-refractivity contribution is -0.144. The van der Waals surface area contributed by atoms with Gasteiger partial charge in [-0.3, -0.25) is 14.4 Å². The van der Waals surface area contributed by atoms with E-state index in [9.17, 15) is 14.4 Å². The van der Waals surface area contributed by atoms with E-state index in [1.807, 2.05) is 0 Å². The van der Waals surface area contributed by atoms with Crippen LogP contribution in [0.5, 0.6) is 0 Å². The van der Waals surface area contributed by atoms with E-state index in [2.05, 4.69) is 0 Å². The highest BCUT2D eigenvalue weighted by atomic mass is 16.4. The number of nitrogens with two attached hydrogens (primary N) is 1. The zero-order valence-electron chi connectivity index (χ0n) is 8.34. The Morgan fingerprint density at radius 1 is 1.27 bits per heavy atom. The Hall–Kier alpha value is -1.63. The fourth-order valence-electron chi connectivity index (χ4n) is 0.966. The van der Waals surface area contributed by atoms with Gasteiger partial charge in [-0.05, 0) is 6.42 Å². The average molecular weight is 218 g/mol. The minimum atomic E-state index is -1.14. The van der Waals surface area contributed by atoms with Gasteiger partial charge in [0, 0.05) is 13.5 Å². The number of carboxylic acid groups (broad SMARTS) is 2. The van der Waals surface area contributed by atoms with Gasteiger partial charge in [-0.25, -0.2) is 0 Å². The molecule has 4 N–H and O–H groups in total. The molecule has 0 aliphatic carbocycles. The van der Waals surface area contributed by atoms with Crippen LogP contribution < -0.4 is 5.73 Å². The van der Waals surface area contributed by atoms with E-state index in [1.54, 1.807) is 0 Å². The number of carboxylic acids is 2. The highest BCUT2D eigenvalue weighted by Crippen LogP contribution is 1.98. The van der Waals surface area contributed by atoms with Crippen LogP contribution in [0.1, 0.15) is 12.8 Å². The minimum Gasteiger partial charge on any atom is -0.481 e. The lowest BCUT2D eigenvalue weighted by Crippen LogP contribution is -2.43. The molecule has 0 spiro atoms. The predicted molar refractivity (Wildman–Crippen MR) is 50.1 cm³/mol. The summed E-state index contributed by atoms with van der Waals surface area (Å²) in [4.78, 5) is 32.8. The fourth-order valence-corrected chi connectivity index (χ4v) is 0.966. The summed E-state index contributed by atoms with van der Waals surface area (Å²) in [5, 5.41) is 16.8. The van der Waals surface area contributed by atoms with Gasteiger partial charge < -0.3 is 20.8 Å². The molecular formula is C8H14N2O5. The standard InChI is InChI=1S/C8H14N2O5/c1-10(4-7(13)14)8(15)5(9)2-3-6(11)12/h5H,2-4,9H2,1H3,(H,11,12)(H,13,14). The number of likely N-dealkylation sites (N-methyl/N-ethyl adjacent to an activating group) is 1. The van der Waals surface area contributed by atoms with Crippen molar-refractivity contribution in [1.29, 1.82) is 0 Å². The van der Waals surface area contributed by atoms with Crippen molar-refractivity contribution in [2.75, 3.05) is 13.6 Å². The molecule has 0 bridgehead atoms. The summed E-state index contributed by atoms with van der Waals surface area (Å²) < 4.78 is 0. The number of carbonyl (C=O) groups is 3. The Morgan fingerprint density at radius 3 is 2.20 bits per heavy atom. The Balaban J connectivity index is 4.07. The highest BCUT2D eigenvalue weighted by molar-refractivity contribution is 5.85. The first-order valence-corrected chi connectivity index (χ1v) is 4.28. The van der Waals surface area contributed by atoms with Crippen LogP contribution in [0.15, 0.2) is 0 Å². The van der Waals surface area contributed by atoms with E-state index in [4.69, 9.17) is 15.9 Å². The molecule has 1 amide bonds. The van der Waals surface area contributed by atoms with Crippen molar-refractivity contribution in [3.05, 3.63) is 0 Å². The summed E-state index contributed by atoms with van der Waals surface area (Å²) in [5.74, 6) is -2.76. The molecule has 86 valence electrons. The minimum absolute atomic E-state index is 0.00186. The van der Waals surface area contributed by atoms with E-state index in [-0.39, 0.29) is 12.8 Å². The summed E-state index contributed by atoms with van der Waals surface area (Å²) in [6, 6.07) is -0.967. The van der Waals surface area contributed by atoms with Gasteiger partial charge in [-0.15, -0.1) is 0 Å². The molecule has 0 aliphatic heterocycles. The zero-order chi connectivity index (χ0) is 12.0. The number of amides is 1. The highest BCUT2D eigenvalue weighted by Gasteiger charge is 2.20. The van der Waals surface area contributed by atoms with Crippen molar-refractivity contribution >= 4 is 17.8 Å². The maximum atomic E-state index is 11.3. The Bertz CT molecular complexity index is 266. The van der Waals surface area contributed by atoms with Crippen LogP contribution in [-0.2, 0) is 14.4 Å². The summed E-state index contributed by atoms with van der Waals surface area (Å²) in [5.41, 5.74) is 5.39. The maximum absolute atomic E-state index is 11.3. The van der Waals surface area contributed by atoms with Crippen LogP contribution in [0.3, 0.4) is 0 Å². The predicted octanol–water partition coefficient (Wildman–Crippen LogP) is -1.28. The Labute approximate surface area is 86.5 Å².